The zero-order chi connectivity index (χ0) is 12.1. The third kappa shape index (κ3) is 11.8. The highest BCUT2D eigenvalue weighted by atomic mass is 35.5. The number of esters is 1. The second-order valence-electron chi connectivity index (χ2n) is 5.41. The molecule has 0 spiro atoms. The maximum atomic E-state index is 11.3. The van der Waals surface area contributed by atoms with Crippen molar-refractivity contribution < 1.29 is 31.5 Å². The Labute approximate surface area is 105 Å². The number of carbonyl (C=O) groups excluding carboxylic acids is 1. The van der Waals surface area contributed by atoms with Crippen LogP contribution >= 0.6 is 0 Å². The quantitative estimate of drug-likeness (QED) is 0.426. The van der Waals surface area contributed by atoms with Gasteiger partial charge in [0.1, 0.15) is 12.6 Å². The second-order valence-corrected chi connectivity index (χ2v) is 5.41. The topological polar surface area (TPSA) is 46.5 Å². The summed E-state index contributed by atoms with van der Waals surface area (Å²) in [5, 5.41) is 9.60. The van der Waals surface area contributed by atoms with E-state index in [0.29, 0.717) is 23.6 Å². The lowest BCUT2D eigenvalue weighted by Gasteiger charge is -2.26. The first-order valence-corrected chi connectivity index (χ1v) is 5.35. The van der Waals surface area contributed by atoms with Crippen LogP contribution in [0.3, 0.4) is 0 Å². The van der Waals surface area contributed by atoms with Gasteiger partial charge in [0, 0.05) is 0 Å². The van der Waals surface area contributed by atoms with E-state index in [0.717, 1.165) is 0 Å². The molecule has 0 aromatic carbocycles. The van der Waals surface area contributed by atoms with Gasteiger partial charge in [-0.05, 0) is 5.92 Å². The van der Waals surface area contributed by atoms with Crippen LogP contribution in [0, 0.1) is 5.92 Å². The summed E-state index contributed by atoms with van der Waals surface area (Å²) in [6.07, 6.45) is -0.535. The second kappa shape index (κ2) is 7.87. The predicted molar refractivity (Wildman–Crippen MR) is 59.3 cm³/mol. The van der Waals surface area contributed by atoms with Crippen LogP contribution in [0.5, 0.6) is 0 Å². The van der Waals surface area contributed by atoms with Crippen LogP contribution in [0.2, 0.25) is 0 Å². The molecule has 0 saturated heterocycles. The van der Waals surface area contributed by atoms with Crippen molar-refractivity contribution in [3.05, 3.63) is 0 Å². The maximum Gasteiger partial charge on any atom is 0.308 e. The van der Waals surface area contributed by atoms with E-state index < -0.39 is 6.10 Å². The Kier molecular flexibility index (Phi) is 8.88. The fourth-order valence-corrected chi connectivity index (χ4v) is 1.21. The monoisotopic (exact) mass is 253 g/mol. The number of aliphatic hydroxyl groups excluding tert-OH is 1. The molecule has 0 saturated carbocycles. The van der Waals surface area contributed by atoms with Crippen molar-refractivity contribution in [3.63, 3.8) is 0 Å². The van der Waals surface area contributed by atoms with E-state index in [1.54, 1.807) is 0 Å². The molecule has 0 amide bonds. The number of aliphatic hydroxyl groups is 1. The molecule has 0 bridgehead atoms. The van der Waals surface area contributed by atoms with Gasteiger partial charge >= 0.3 is 5.97 Å². The molecule has 16 heavy (non-hydrogen) atoms. The largest absolute Gasteiger partial charge is 1.00 e. The Balaban J connectivity index is 0. The Hall–Kier alpha value is -0.320. The van der Waals surface area contributed by atoms with E-state index in [1.165, 1.54) is 0 Å². The van der Waals surface area contributed by atoms with Gasteiger partial charge in [-0.3, -0.25) is 4.79 Å². The number of hydrogen-bond acceptors (Lipinski definition) is 3. The molecule has 0 fully saturated rings. The van der Waals surface area contributed by atoms with E-state index in [2.05, 4.69) is 0 Å². The van der Waals surface area contributed by atoms with Crippen LogP contribution in [0.15, 0.2) is 0 Å². The Morgan fingerprint density at radius 1 is 1.31 bits per heavy atom. The summed E-state index contributed by atoms with van der Waals surface area (Å²) in [6, 6.07) is 0. The predicted octanol–water partition coefficient (Wildman–Crippen LogP) is -2.35. The molecule has 0 aromatic rings. The number of nitrogens with zero attached hydrogens (tertiary/aromatic N) is 1. The number of halogens is 1. The van der Waals surface area contributed by atoms with Crippen molar-refractivity contribution in [1.82, 2.24) is 0 Å². The summed E-state index contributed by atoms with van der Waals surface area (Å²) in [7, 11) is 5.92. The van der Waals surface area contributed by atoms with Crippen molar-refractivity contribution in [1.29, 1.82) is 0 Å². The van der Waals surface area contributed by atoms with Gasteiger partial charge in [0.25, 0.3) is 0 Å². The molecule has 1 N–H and O–H groups in total. The van der Waals surface area contributed by atoms with Crippen molar-refractivity contribution in [3.8, 4) is 0 Å². The lowest BCUT2D eigenvalue weighted by molar-refractivity contribution is -0.873. The van der Waals surface area contributed by atoms with Gasteiger partial charge in [-0.2, -0.15) is 0 Å². The number of likely N-dealkylation sites (N-methyl/N-ethyl adjacent to an activating group) is 1. The van der Waals surface area contributed by atoms with Crippen LogP contribution < -0.4 is 12.4 Å². The van der Waals surface area contributed by atoms with Crippen LogP contribution in [0.25, 0.3) is 0 Å². The molecule has 0 rings (SSSR count). The summed E-state index contributed by atoms with van der Waals surface area (Å²) in [6.45, 7) is 4.94. The average Bonchev–Trinajstić information content (AvgIpc) is 1.96. The summed E-state index contributed by atoms with van der Waals surface area (Å²) in [5.74, 6) is 0.0224. The van der Waals surface area contributed by atoms with Crippen molar-refractivity contribution >= 4 is 5.97 Å². The van der Waals surface area contributed by atoms with E-state index >= 15 is 0 Å². The summed E-state index contributed by atoms with van der Waals surface area (Å²) < 4.78 is 5.62. The molecule has 0 heterocycles. The smallest absolute Gasteiger partial charge is 0.308 e. The van der Waals surface area contributed by atoms with Gasteiger partial charge in [-0.15, -0.1) is 0 Å². The van der Waals surface area contributed by atoms with Crippen molar-refractivity contribution in [2.45, 2.75) is 26.4 Å². The Morgan fingerprint density at radius 3 is 2.19 bits per heavy atom. The molecule has 1 unspecified atom stereocenters. The van der Waals surface area contributed by atoms with Crippen molar-refractivity contribution in [2.24, 2.45) is 5.92 Å². The minimum absolute atomic E-state index is 0. The summed E-state index contributed by atoms with van der Waals surface area (Å²) in [4.78, 5) is 11.3. The van der Waals surface area contributed by atoms with E-state index in [-0.39, 0.29) is 24.8 Å². The fourth-order valence-electron chi connectivity index (χ4n) is 1.21. The maximum absolute atomic E-state index is 11.3. The van der Waals surface area contributed by atoms with Gasteiger partial charge < -0.3 is 26.7 Å². The van der Waals surface area contributed by atoms with Crippen LogP contribution in [0.1, 0.15) is 20.3 Å². The minimum atomic E-state index is -0.621. The molecule has 4 nitrogen and oxygen atoms in total. The average molecular weight is 254 g/mol. The highest BCUT2D eigenvalue weighted by molar-refractivity contribution is 5.69. The fraction of sp³-hybridized carbons (Fsp3) is 0.909. The number of rotatable bonds is 6. The minimum Gasteiger partial charge on any atom is -1.00 e. The van der Waals surface area contributed by atoms with Crippen LogP contribution in [-0.4, -0.2) is 56.0 Å². The zero-order valence-corrected chi connectivity index (χ0v) is 11.6. The molecule has 5 heteroatoms. The highest BCUT2D eigenvalue weighted by Gasteiger charge is 2.19. The first-order chi connectivity index (χ1) is 6.70. The molecule has 0 aliphatic heterocycles. The first-order valence-electron chi connectivity index (χ1n) is 5.35. The summed E-state index contributed by atoms with van der Waals surface area (Å²) in [5.41, 5.74) is 0. The lowest BCUT2D eigenvalue weighted by Crippen LogP contribution is -3.00. The SMILES string of the molecule is CC(C)COC(=O)CC(O)C[N+](C)(C)C.[Cl-]. The Morgan fingerprint density at radius 2 is 1.81 bits per heavy atom. The highest BCUT2D eigenvalue weighted by Crippen LogP contribution is 2.02. The number of hydrogen-bond donors (Lipinski definition) is 1. The number of carbonyl (C=O) groups is 1. The standard InChI is InChI=1S/C11H24NO3.ClH/c1-9(2)8-15-11(14)6-10(13)7-12(3,4)5;/h9-10,13H,6-8H2,1-5H3;1H/q+1;/p-1. The normalized spacial score (nSPS) is 13.2. The Bertz CT molecular complexity index is 202. The first kappa shape index (κ1) is 18.1. The third-order valence-corrected chi connectivity index (χ3v) is 1.74. The number of ether oxygens (including phenoxy) is 1. The third-order valence-electron chi connectivity index (χ3n) is 1.74. The summed E-state index contributed by atoms with van der Waals surface area (Å²) >= 11 is 0. The molecule has 0 aliphatic carbocycles. The van der Waals surface area contributed by atoms with Gasteiger partial charge in [0.05, 0.1) is 34.2 Å². The van der Waals surface area contributed by atoms with E-state index in [4.69, 9.17) is 4.74 Å². The number of quaternary nitrogens is 1. The molecule has 0 aromatic heterocycles. The molecule has 0 radical (unpaired) electrons. The van der Waals surface area contributed by atoms with E-state index in [9.17, 15) is 9.90 Å². The molecule has 1 atom stereocenters. The van der Waals surface area contributed by atoms with Gasteiger partial charge in [0.2, 0.25) is 0 Å². The zero-order valence-electron chi connectivity index (χ0n) is 10.9. The lowest BCUT2D eigenvalue weighted by atomic mass is 10.2. The van der Waals surface area contributed by atoms with Crippen LogP contribution in [-0.2, 0) is 9.53 Å². The molecular formula is C11H24ClNO3. The van der Waals surface area contributed by atoms with Crippen molar-refractivity contribution in [2.75, 3.05) is 34.3 Å². The van der Waals surface area contributed by atoms with Gasteiger partial charge in [-0.1, -0.05) is 13.8 Å². The molecular weight excluding hydrogens is 230 g/mol. The van der Waals surface area contributed by atoms with E-state index in [1.807, 2.05) is 35.0 Å². The van der Waals surface area contributed by atoms with Crippen LogP contribution in [0.4, 0.5) is 0 Å². The van der Waals surface area contributed by atoms with Gasteiger partial charge in [-0.25, -0.2) is 0 Å². The molecule has 0 aliphatic rings. The molecule has 98 valence electrons. The van der Waals surface area contributed by atoms with Gasteiger partial charge in [0.15, 0.2) is 0 Å².